The third-order valence-corrected chi connectivity index (χ3v) is 5.83. The van der Waals surface area contributed by atoms with Gasteiger partial charge in [-0.3, -0.25) is 9.69 Å². The first-order chi connectivity index (χ1) is 15.8. The molecule has 6 nitrogen and oxygen atoms in total. The van der Waals surface area contributed by atoms with Crippen LogP contribution >= 0.6 is 0 Å². The zero-order valence-corrected chi connectivity index (χ0v) is 17.4. The van der Waals surface area contributed by atoms with Crippen LogP contribution in [0.5, 0.6) is 11.5 Å². The summed E-state index contributed by atoms with van der Waals surface area (Å²) < 4.78 is 44.2. The smallest absolute Gasteiger partial charge is 0.416 e. The lowest BCUT2D eigenvalue weighted by molar-refractivity contribution is -0.137. The largest absolute Gasteiger partial charge is 0.508 e. The Hall–Kier alpha value is -3.59. The van der Waals surface area contributed by atoms with Crippen molar-refractivity contribution in [2.24, 2.45) is 0 Å². The number of alkyl halides is 3. The zero-order valence-electron chi connectivity index (χ0n) is 17.4. The number of benzene rings is 2. The quantitative estimate of drug-likeness (QED) is 0.625. The fourth-order valence-corrected chi connectivity index (χ4v) is 4.16. The molecule has 0 bridgehead atoms. The lowest BCUT2D eigenvalue weighted by atomic mass is 10.0. The zero-order chi connectivity index (χ0) is 23.2. The van der Waals surface area contributed by atoms with Crippen LogP contribution in [-0.4, -0.2) is 39.7 Å². The van der Waals surface area contributed by atoms with Crippen LogP contribution in [0.15, 0.2) is 52.8 Å². The molecule has 0 radical (unpaired) electrons. The van der Waals surface area contributed by atoms with Crippen molar-refractivity contribution >= 4 is 6.08 Å². The summed E-state index contributed by atoms with van der Waals surface area (Å²) >= 11 is 0. The molecule has 5 rings (SSSR count). The molecule has 9 heteroatoms. The topological polar surface area (TPSA) is 78.5 Å². The van der Waals surface area contributed by atoms with Gasteiger partial charge in [0.25, 0.3) is 5.56 Å². The molecule has 0 amide bonds. The Kier molecular flexibility index (Phi) is 5.20. The molecule has 0 saturated heterocycles. The van der Waals surface area contributed by atoms with Crippen molar-refractivity contribution in [3.8, 4) is 22.9 Å². The normalized spacial score (nSPS) is 15.9. The van der Waals surface area contributed by atoms with Gasteiger partial charge in [0.2, 0.25) is 0 Å². The minimum Gasteiger partial charge on any atom is -0.508 e. The number of hydrogen-bond acceptors (Lipinski definition) is 5. The Balaban J connectivity index is 1.34. The summed E-state index contributed by atoms with van der Waals surface area (Å²) in [5.74, 6) is 1.15. The van der Waals surface area contributed by atoms with Crippen LogP contribution < -0.4 is 10.3 Å². The van der Waals surface area contributed by atoms with Gasteiger partial charge in [-0.05, 0) is 42.0 Å². The van der Waals surface area contributed by atoms with Crippen molar-refractivity contribution in [1.29, 1.82) is 0 Å². The van der Waals surface area contributed by atoms with E-state index in [4.69, 9.17) is 4.74 Å². The molecule has 33 heavy (non-hydrogen) atoms. The average Bonchev–Trinajstić information content (AvgIpc) is 2.78. The Labute approximate surface area is 187 Å². The minimum absolute atomic E-state index is 0.170. The van der Waals surface area contributed by atoms with Crippen LogP contribution in [0.4, 0.5) is 13.2 Å². The Morgan fingerprint density at radius 3 is 2.70 bits per heavy atom. The first-order valence-electron chi connectivity index (χ1n) is 10.4. The van der Waals surface area contributed by atoms with Gasteiger partial charge in [0, 0.05) is 37.2 Å². The van der Waals surface area contributed by atoms with Gasteiger partial charge in [0.05, 0.1) is 16.8 Å². The lowest BCUT2D eigenvalue weighted by Crippen LogP contribution is -2.37. The van der Waals surface area contributed by atoms with E-state index >= 15 is 0 Å². The molecule has 0 atom stereocenters. The molecule has 2 N–H and O–H groups in total. The van der Waals surface area contributed by atoms with Crippen molar-refractivity contribution in [3.05, 3.63) is 80.8 Å². The number of hydrogen-bond donors (Lipinski definition) is 2. The molecule has 0 spiro atoms. The molecule has 3 heterocycles. The van der Waals surface area contributed by atoms with Crippen molar-refractivity contribution < 1.29 is 23.0 Å². The number of halogens is 3. The first-order valence-corrected chi connectivity index (χ1v) is 10.4. The predicted octanol–water partition coefficient (Wildman–Crippen LogP) is 4.00. The van der Waals surface area contributed by atoms with Crippen LogP contribution in [0.2, 0.25) is 0 Å². The van der Waals surface area contributed by atoms with Crippen molar-refractivity contribution in [3.63, 3.8) is 0 Å². The van der Waals surface area contributed by atoms with Crippen LogP contribution in [0, 0.1) is 0 Å². The molecule has 170 valence electrons. The molecule has 0 fully saturated rings. The van der Waals surface area contributed by atoms with Gasteiger partial charge >= 0.3 is 6.18 Å². The Morgan fingerprint density at radius 1 is 1.15 bits per heavy atom. The fourth-order valence-electron chi connectivity index (χ4n) is 4.16. The number of H-pyrrole nitrogens is 1. The van der Waals surface area contributed by atoms with E-state index in [9.17, 15) is 23.1 Å². The number of aromatic nitrogens is 2. The Bertz CT molecular complexity index is 1300. The second-order valence-corrected chi connectivity index (χ2v) is 8.19. The van der Waals surface area contributed by atoms with Crippen LogP contribution in [0.3, 0.4) is 0 Å². The van der Waals surface area contributed by atoms with E-state index in [-0.39, 0.29) is 17.1 Å². The summed E-state index contributed by atoms with van der Waals surface area (Å²) in [6.07, 6.45) is -1.87. The molecule has 2 aliphatic rings. The van der Waals surface area contributed by atoms with Gasteiger partial charge in [0.15, 0.2) is 0 Å². The van der Waals surface area contributed by atoms with Gasteiger partial charge in [-0.1, -0.05) is 12.1 Å². The van der Waals surface area contributed by atoms with E-state index in [1.54, 1.807) is 18.2 Å². The van der Waals surface area contributed by atoms with E-state index in [1.165, 1.54) is 12.1 Å². The molecule has 2 aliphatic heterocycles. The highest BCUT2D eigenvalue weighted by molar-refractivity contribution is 5.64. The standard InChI is InChI=1S/C24H20F3N3O3/c25-24(26,27)17-3-1-15(2-4-17)22-28-20-7-8-30(12-19(20)23(32)29-22)11-14-9-16-10-18(31)5-6-21(16)33-13-14/h1-6,9-10,31H,7-8,11-13H2,(H,28,29,32). The van der Waals surface area contributed by atoms with Crippen molar-refractivity contribution in [1.82, 2.24) is 14.9 Å². The molecular formula is C24H20F3N3O3. The lowest BCUT2D eigenvalue weighted by Gasteiger charge is -2.29. The molecule has 2 aromatic carbocycles. The van der Waals surface area contributed by atoms with Gasteiger partial charge < -0.3 is 14.8 Å². The number of phenols is 1. The van der Waals surface area contributed by atoms with E-state index in [0.29, 0.717) is 49.5 Å². The number of rotatable bonds is 3. The monoisotopic (exact) mass is 455 g/mol. The minimum atomic E-state index is -4.42. The van der Waals surface area contributed by atoms with E-state index in [0.717, 1.165) is 29.0 Å². The highest BCUT2D eigenvalue weighted by Gasteiger charge is 2.30. The molecule has 0 saturated carbocycles. The SMILES string of the molecule is O=c1[nH]c(-c2ccc(C(F)(F)F)cc2)nc2c1CN(CC1=Cc3cc(O)ccc3OC1)CC2. The number of nitrogens with one attached hydrogen (secondary N) is 1. The third kappa shape index (κ3) is 4.36. The van der Waals surface area contributed by atoms with E-state index in [1.807, 2.05) is 6.08 Å². The summed E-state index contributed by atoms with van der Waals surface area (Å²) in [7, 11) is 0. The molecule has 3 aromatic rings. The molecule has 0 aliphatic carbocycles. The molecule has 0 unspecified atom stereocenters. The highest BCUT2D eigenvalue weighted by Crippen LogP contribution is 2.31. The molecular weight excluding hydrogens is 435 g/mol. The van der Waals surface area contributed by atoms with Gasteiger partial charge in [0.1, 0.15) is 23.9 Å². The van der Waals surface area contributed by atoms with Crippen LogP contribution in [-0.2, 0) is 19.1 Å². The highest BCUT2D eigenvalue weighted by atomic mass is 19.4. The second-order valence-electron chi connectivity index (χ2n) is 8.19. The maximum absolute atomic E-state index is 12.8. The summed E-state index contributed by atoms with van der Waals surface area (Å²) in [6.45, 7) is 2.13. The third-order valence-electron chi connectivity index (χ3n) is 5.83. The number of fused-ring (bicyclic) bond motifs is 2. The fraction of sp³-hybridized carbons (Fsp3) is 0.250. The Morgan fingerprint density at radius 2 is 1.94 bits per heavy atom. The van der Waals surface area contributed by atoms with Crippen LogP contribution in [0.1, 0.15) is 22.4 Å². The summed E-state index contributed by atoms with van der Waals surface area (Å²) in [6, 6.07) is 9.55. The summed E-state index contributed by atoms with van der Waals surface area (Å²) in [5, 5.41) is 9.70. The first kappa shape index (κ1) is 21.3. The number of nitrogens with zero attached hydrogens (tertiary/aromatic N) is 2. The van der Waals surface area contributed by atoms with E-state index in [2.05, 4.69) is 14.9 Å². The average molecular weight is 455 g/mol. The second kappa shape index (κ2) is 8.08. The molecule has 1 aromatic heterocycles. The van der Waals surface area contributed by atoms with Crippen LogP contribution in [0.25, 0.3) is 17.5 Å². The number of aromatic amines is 1. The maximum Gasteiger partial charge on any atom is 0.416 e. The predicted molar refractivity (Wildman–Crippen MR) is 116 cm³/mol. The van der Waals surface area contributed by atoms with Gasteiger partial charge in [-0.15, -0.1) is 0 Å². The summed E-state index contributed by atoms with van der Waals surface area (Å²) in [5.41, 5.74) is 2.46. The number of ether oxygens (including phenoxy) is 1. The van der Waals surface area contributed by atoms with Gasteiger partial charge in [-0.25, -0.2) is 4.98 Å². The summed E-state index contributed by atoms with van der Waals surface area (Å²) in [4.78, 5) is 22.1. The number of phenolic OH excluding ortho intramolecular Hbond substituents is 1. The van der Waals surface area contributed by atoms with Crippen molar-refractivity contribution in [2.45, 2.75) is 19.1 Å². The van der Waals surface area contributed by atoms with E-state index < -0.39 is 11.7 Å². The van der Waals surface area contributed by atoms with Gasteiger partial charge in [-0.2, -0.15) is 13.2 Å². The number of aromatic hydroxyl groups is 1. The maximum atomic E-state index is 12.8. The van der Waals surface area contributed by atoms with Crippen molar-refractivity contribution in [2.75, 3.05) is 19.7 Å².